The second-order valence-electron chi connectivity index (χ2n) is 8.08. The van der Waals surface area contributed by atoms with Gasteiger partial charge in [-0.1, -0.05) is 30.9 Å². The minimum absolute atomic E-state index is 0. The van der Waals surface area contributed by atoms with Gasteiger partial charge in [0.05, 0.1) is 7.11 Å². The maximum absolute atomic E-state index is 13.4. The number of halogens is 3. The summed E-state index contributed by atoms with van der Waals surface area (Å²) in [5.41, 5.74) is 1.33. The Morgan fingerprint density at radius 2 is 1.44 bits per heavy atom. The van der Waals surface area contributed by atoms with Crippen LogP contribution in [0, 0.1) is 26.2 Å². The number of imidazole rings is 2. The topological polar surface area (TPSA) is 70.7 Å². The van der Waals surface area contributed by atoms with Gasteiger partial charge in [0.1, 0.15) is 11.6 Å². The second-order valence-corrected chi connectivity index (χ2v) is 8.08. The van der Waals surface area contributed by atoms with Gasteiger partial charge in [0, 0.05) is 40.3 Å². The van der Waals surface area contributed by atoms with E-state index in [0.717, 1.165) is 22.2 Å². The molecule has 4 aromatic rings. The molecule has 0 aromatic carbocycles. The molecular formula is C23H21F3N6OPt. The Hall–Kier alpha value is -3.00. The van der Waals surface area contributed by atoms with Crippen molar-refractivity contribution in [1.82, 2.24) is 29.1 Å². The van der Waals surface area contributed by atoms with Crippen molar-refractivity contribution in [3.8, 4) is 17.4 Å². The first-order valence-corrected chi connectivity index (χ1v) is 10.0. The van der Waals surface area contributed by atoms with Gasteiger partial charge in [0.15, 0.2) is 0 Å². The van der Waals surface area contributed by atoms with Crippen LogP contribution >= 0.6 is 0 Å². The predicted molar refractivity (Wildman–Crippen MR) is 114 cm³/mol. The number of aromatic nitrogens is 6. The molecule has 0 aliphatic heterocycles. The van der Waals surface area contributed by atoms with Crippen molar-refractivity contribution >= 4 is 0 Å². The Kier molecular flexibility index (Phi) is 7.03. The van der Waals surface area contributed by atoms with E-state index in [-0.39, 0.29) is 26.9 Å². The number of methoxy groups -OCH3 is 1. The average Bonchev–Trinajstić information content (AvgIpc) is 3.42. The molecule has 7 nitrogen and oxygen atoms in total. The molecule has 0 N–H and O–H groups in total. The summed E-state index contributed by atoms with van der Waals surface area (Å²) < 4.78 is 48.2. The number of ether oxygens (including phenoxy) is 1. The summed E-state index contributed by atoms with van der Waals surface area (Å²) in [6.45, 7) is 7.59. The number of alkyl halides is 3. The smallest absolute Gasteiger partial charge is 0.498 e. The van der Waals surface area contributed by atoms with E-state index >= 15 is 0 Å². The monoisotopic (exact) mass is 649 g/mol. The zero-order valence-electron chi connectivity index (χ0n) is 19.0. The standard InChI is InChI=1S/C23H21F3N6O.Pt/c1-14-10-17(29-19(11-14)31-8-6-27-15(31)2)22(3,4)18-12-16(33-5)13-20(30-18)32-9-7-28-21(32)23(24,25)26;/h6-7,10-13H,1-5H3;/q-2;+2. The molecule has 4 heterocycles. The Balaban J connectivity index is 0.00000324. The normalized spacial score (nSPS) is 11.9. The number of nitrogens with zero attached hydrogens (tertiary/aromatic N) is 6. The summed E-state index contributed by atoms with van der Waals surface area (Å²) in [6, 6.07) is 6.92. The molecule has 4 aromatic heterocycles. The van der Waals surface area contributed by atoms with Crippen LogP contribution in [0.5, 0.6) is 5.75 Å². The van der Waals surface area contributed by atoms with E-state index in [2.05, 4.69) is 27.3 Å². The van der Waals surface area contributed by atoms with Crippen LogP contribution in [0.25, 0.3) is 11.6 Å². The third-order valence-corrected chi connectivity index (χ3v) is 5.32. The summed E-state index contributed by atoms with van der Waals surface area (Å²) >= 11 is 0. The molecule has 0 unspecified atom stereocenters. The Bertz CT molecular complexity index is 1310. The molecule has 0 radical (unpaired) electrons. The van der Waals surface area contributed by atoms with Crippen LogP contribution in [0.3, 0.4) is 0 Å². The first kappa shape index (κ1) is 25.6. The molecule has 0 fully saturated rings. The van der Waals surface area contributed by atoms with Crippen molar-refractivity contribution in [3.05, 3.63) is 77.7 Å². The molecular weight excluding hydrogens is 628 g/mol. The molecule has 4 rings (SSSR count). The van der Waals surface area contributed by atoms with E-state index in [1.807, 2.05) is 39.8 Å². The molecule has 0 aliphatic carbocycles. The molecule has 0 saturated carbocycles. The molecule has 0 spiro atoms. The third-order valence-electron chi connectivity index (χ3n) is 5.32. The molecule has 11 heteroatoms. The van der Waals surface area contributed by atoms with Gasteiger partial charge < -0.3 is 23.8 Å². The van der Waals surface area contributed by atoms with Crippen LogP contribution in [0.2, 0.25) is 0 Å². The molecule has 34 heavy (non-hydrogen) atoms. The van der Waals surface area contributed by atoms with Gasteiger partial charge >= 0.3 is 27.2 Å². The number of hydrogen-bond acceptors (Lipinski definition) is 5. The number of aryl methyl sites for hydroxylation is 2. The fourth-order valence-electron chi connectivity index (χ4n) is 3.46. The van der Waals surface area contributed by atoms with Crippen LogP contribution in [0.15, 0.2) is 36.7 Å². The largest absolute Gasteiger partial charge is 2.00 e. The zero-order chi connectivity index (χ0) is 24.0. The van der Waals surface area contributed by atoms with Gasteiger partial charge in [-0.15, -0.1) is 0 Å². The summed E-state index contributed by atoms with van der Waals surface area (Å²) in [5.74, 6) is 0.598. The minimum atomic E-state index is -4.66. The van der Waals surface area contributed by atoms with E-state index in [1.165, 1.54) is 13.2 Å². The molecule has 0 saturated heterocycles. The fourth-order valence-corrected chi connectivity index (χ4v) is 3.46. The summed E-state index contributed by atoms with van der Waals surface area (Å²) in [6.07, 6.45) is 3.37. The fraction of sp³-hybridized carbons (Fsp3) is 0.304. The number of rotatable bonds is 5. The number of pyridine rings is 2. The zero-order valence-corrected chi connectivity index (χ0v) is 21.3. The van der Waals surface area contributed by atoms with Gasteiger partial charge in [0.2, 0.25) is 0 Å². The summed E-state index contributed by atoms with van der Waals surface area (Å²) in [7, 11) is 1.44. The van der Waals surface area contributed by atoms with Crippen LogP contribution < -0.4 is 4.74 Å². The van der Waals surface area contributed by atoms with Crippen LogP contribution in [0.4, 0.5) is 13.2 Å². The van der Waals surface area contributed by atoms with E-state index in [9.17, 15) is 13.2 Å². The Labute approximate surface area is 209 Å². The summed E-state index contributed by atoms with van der Waals surface area (Å²) in [5, 5.41) is 0. The van der Waals surface area contributed by atoms with Crippen molar-refractivity contribution in [2.75, 3.05) is 7.11 Å². The van der Waals surface area contributed by atoms with Crippen LogP contribution in [-0.4, -0.2) is 36.2 Å². The van der Waals surface area contributed by atoms with E-state index in [0.29, 0.717) is 23.0 Å². The minimum Gasteiger partial charge on any atom is -0.498 e. The second kappa shape index (κ2) is 9.33. The van der Waals surface area contributed by atoms with E-state index < -0.39 is 17.4 Å². The predicted octanol–water partition coefficient (Wildman–Crippen LogP) is 4.42. The van der Waals surface area contributed by atoms with Crippen molar-refractivity contribution in [1.29, 1.82) is 0 Å². The van der Waals surface area contributed by atoms with Crippen molar-refractivity contribution in [3.63, 3.8) is 0 Å². The van der Waals surface area contributed by atoms with E-state index in [1.54, 1.807) is 16.8 Å². The SMILES string of the molecule is COc1cc(-n2[c-]cnc2C(F)(F)F)nc(C(C)(C)c2cc(C)cc(-n3[c-]cnc3C)n2)c1.[Pt+2]. The van der Waals surface area contributed by atoms with Gasteiger partial charge in [0.25, 0.3) is 0 Å². The van der Waals surface area contributed by atoms with Crippen molar-refractivity contribution in [2.24, 2.45) is 0 Å². The van der Waals surface area contributed by atoms with Gasteiger partial charge in [-0.05, 0) is 45.3 Å². The molecule has 0 bridgehead atoms. The molecule has 0 atom stereocenters. The average molecular weight is 650 g/mol. The van der Waals surface area contributed by atoms with Crippen LogP contribution in [0.1, 0.15) is 42.4 Å². The Morgan fingerprint density at radius 3 is 2.03 bits per heavy atom. The summed E-state index contributed by atoms with van der Waals surface area (Å²) in [4.78, 5) is 16.9. The first-order chi connectivity index (χ1) is 15.5. The van der Waals surface area contributed by atoms with Crippen molar-refractivity contribution < 1.29 is 39.0 Å². The van der Waals surface area contributed by atoms with Crippen LogP contribution in [-0.2, 0) is 32.7 Å². The maximum Gasteiger partial charge on any atom is 2.00 e. The molecule has 0 amide bonds. The molecule has 0 aliphatic rings. The van der Waals surface area contributed by atoms with Gasteiger partial charge in [-0.2, -0.15) is 13.2 Å². The first-order valence-electron chi connectivity index (χ1n) is 10.0. The van der Waals surface area contributed by atoms with Crippen molar-refractivity contribution in [2.45, 2.75) is 39.3 Å². The Morgan fingerprint density at radius 1 is 0.853 bits per heavy atom. The van der Waals surface area contributed by atoms with E-state index in [4.69, 9.17) is 9.72 Å². The number of hydrogen-bond donors (Lipinski definition) is 0. The van der Waals surface area contributed by atoms with Gasteiger partial charge in [-0.3, -0.25) is 9.97 Å². The molecule has 180 valence electrons. The quantitative estimate of drug-likeness (QED) is 0.300. The third kappa shape index (κ3) is 4.77. The maximum atomic E-state index is 13.4. The van der Waals surface area contributed by atoms with Gasteiger partial charge in [-0.25, -0.2) is 0 Å².